The number of aliphatic imine (C=N–C) groups is 1. The topological polar surface area (TPSA) is 65.5 Å². The molecular weight excluding hydrogens is 391 g/mol. The Kier molecular flexibility index (Phi) is 10.6. The van der Waals surface area contributed by atoms with E-state index in [1.807, 2.05) is 31.2 Å². The third-order valence-electron chi connectivity index (χ3n) is 3.21. The first-order valence-electron chi connectivity index (χ1n) is 7.45. The molecule has 22 heavy (non-hydrogen) atoms. The van der Waals surface area contributed by atoms with Gasteiger partial charge in [0, 0.05) is 31.7 Å². The molecule has 0 aromatic heterocycles. The number of nitrogens with zero attached hydrogens (tertiary/aromatic N) is 1. The normalized spacial score (nSPS) is 12.1. The van der Waals surface area contributed by atoms with Gasteiger partial charge in [0.15, 0.2) is 5.96 Å². The van der Waals surface area contributed by atoms with Gasteiger partial charge in [0.2, 0.25) is 0 Å². The first kappa shape index (κ1) is 20.7. The zero-order chi connectivity index (χ0) is 15.7. The van der Waals surface area contributed by atoms with Crippen molar-refractivity contribution in [3.8, 4) is 0 Å². The molecular formula is C16H27IN4O. The maximum absolute atomic E-state index is 11.8. The van der Waals surface area contributed by atoms with Gasteiger partial charge < -0.3 is 16.0 Å². The molecule has 0 radical (unpaired) electrons. The Labute approximate surface area is 150 Å². The molecule has 1 atom stereocenters. The van der Waals surface area contributed by atoms with Crippen LogP contribution in [-0.2, 0) is 6.54 Å². The van der Waals surface area contributed by atoms with Gasteiger partial charge in [-0.3, -0.25) is 9.79 Å². The second kappa shape index (κ2) is 11.3. The minimum atomic E-state index is -0.0403. The highest BCUT2D eigenvalue weighted by molar-refractivity contribution is 14.0. The predicted molar refractivity (Wildman–Crippen MR) is 103 cm³/mol. The largest absolute Gasteiger partial charge is 0.354 e. The molecule has 0 aliphatic rings. The van der Waals surface area contributed by atoms with Crippen LogP contribution in [0, 0.1) is 0 Å². The molecule has 0 spiro atoms. The molecule has 0 aliphatic carbocycles. The van der Waals surface area contributed by atoms with Crippen molar-refractivity contribution >= 4 is 35.8 Å². The van der Waals surface area contributed by atoms with E-state index < -0.39 is 0 Å². The average molecular weight is 418 g/mol. The van der Waals surface area contributed by atoms with Crippen LogP contribution >= 0.6 is 24.0 Å². The Morgan fingerprint density at radius 2 is 2.00 bits per heavy atom. The molecule has 5 nitrogen and oxygen atoms in total. The Morgan fingerprint density at radius 3 is 2.59 bits per heavy atom. The number of nitrogens with one attached hydrogen (secondary N) is 3. The second-order valence-corrected chi connectivity index (χ2v) is 4.94. The van der Waals surface area contributed by atoms with Crippen LogP contribution in [0.1, 0.15) is 43.1 Å². The second-order valence-electron chi connectivity index (χ2n) is 4.94. The predicted octanol–water partition coefficient (Wildman–Crippen LogP) is 2.52. The van der Waals surface area contributed by atoms with Crippen LogP contribution in [0.15, 0.2) is 29.3 Å². The zero-order valence-corrected chi connectivity index (χ0v) is 16.1. The SMILES string of the molecule is CCNC(=O)c1cccc(CNC(=NC)NC(C)CC)c1.I. The fourth-order valence-corrected chi connectivity index (χ4v) is 1.80. The lowest BCUT2D eigenvalue weighted by atomic mass is 10.1. The van der Waals surface area contributed by atoms with Crippen LogP contribution in [0.25, 0.3) is 0 Å². The number of carbonyl (C=O) groups is 1. The van der Waals surface area contributed by atoms with E-state index in [4.69, 9.17) is 0 Å². The molecule has 0 saturated heterocycles. The van der Waals surface area contributed by atoms with E-state index in [0.29, 0.717) is 24.7 Å². The van der Waals surface area contributed by atoms with E-state index in [2.05, 4.69) is 34.8 Å². The van der Waals surface area contributed by atoms with Crippen molar-refractivity contribution in [3.05, 3.63) is 35.4 Å². The minimum absolute atomic E-state index is 0. The Bertz CT molecular complexity index is 491. The lowest BCUT2D eigenvalue weighted by molar-refractivity contribution is 0.0955. The quantitative estimate of drug-likeness (QED) is 0.378. The maximum Gasteiger partial charge on any atom is 0.251 e. The summed E-state index contributed by atoms with van der Waals surface area (Å²) in [4.78, 5) is 16.0. The van der Waals surface area contributed by atoms with Crippen molar-refractivity contribution in [1.82, 2.24) is 16.0 Å². The van der Waals surface area contributed by atoms with Gasteiger partial charge in [-0.1, -0.05) is 19.1 Å². The number of benzene rings is 1. The molecule has 1 amide bonds. The first-order chi connectivity index (χ1) is 10.1. The summed E-state index contributed by atoms with van der Waals surface area (Å²) < 4.78 is 0. The number of amides is 1. The highest BCUT2D eigenvalue weighted by Crippen LogP contribution is 2.05. The monoisotopic (exact) mass is 418 g/mol. The lowest BCUT2D eigenvalue weighted by Crippen LogP contribution is -2.41. The van der Waals surface area contributed by atoms with E-state index in [0.717, 1.165) is 17.9 Å². The molecule has 124 valence electrons. The number of halogens is 1. The summed E-state index contributed by atoms with van der Waals surface area (Å²) in [5.41, 5.74) is 1.73. The van der Waals surface area contributed by atoms with Gasteiger partial charge >= 0.3 is 0 Å². The highest BCUT2D eigenvalue weighted by Gasteiger charge is 2.06. The molecule has 0 heterocycles. The third kappa shape index (κ3) is 7.11. The highest BCUT2D eigenvalue weighted by atomic mass is 127. The van der Waals surface area contributed by atoms with Crippen molar-refractivity contribution in [2.24, 2.45) is 4.99 Å². The summed E-state index contributed by atoms with van der Waals surface area (Å²) in [6, 6.07) is 7.98. The molecule has 1 rings (SSSR count). The van der Waals surface area contributed by atoms with Crippen LogP contribution in [0.5, 0.6) is 0 Å². The van der Waals surface area contributed by atoms with Crippen molar-refractivity contribution in [3.63, 3.8) is 0 Å². The first-order valence-corrected chi connectivity index (χ1v) is 7.45. The van der Waals surface area contributed by atoms with E-state index >= 15 is 0 Å². The fourth-order valence-electron chi connectivity index (χ4n) is 1.80. The molecule has 0 saturated carbocycles. The van der Waals surface area contributed by atoms with Crippen molar-refractivity contribution < 1.29 is 4.79 Å². The molecule has 0 bridgehead atoms. The summed E-state index contributed by atoms with van der Waals surface area (Å²) >= 11 is 0. The van der Waals surface area contributed by atoms with Gasteiger partial charge in [0.25, 0.3) is 5.91 Å². The van der Waals surface area contributed by atoms with Crippen molar-refractivity contribution in [2.45, 2.75) is 39.8 Å². The van der Waals surface area contributed by atoms with Gasteiger partial charge in [-0.05, 0) is 38.0 Å². The average Bonchev–Trinajstić information content (AvgIpc) is 2.51. The smallest absolute Gasteiger partial charge is 0.251 e. The van der Waals surface area contributed by atoms with Gasteiger partial charge in [-0.15, -0.1) is 24.0 Å². The van der Waals surface area contributed by atoms with E-state index in [1.165, 1.54) is 0 Å². The Morgan fingerprint density at radius 1 is 1.27 bits per heavy atom. The zero-order valence-electron chi connectivity index (χ0n) is 13.8. The maximum atomic E-state index is 11.8. The number of carbonyl (C=O) groups excluding carboxylic acids is 1. The van der Waals surface area contributed by atoms with E-state index in [9.17, 15) is 4.79 Å². The van der Waals surface area contributed by atoms with Crippen molar-refractivity contribution in [2.75, 3.05) is 13.6 Å². The van der Waals surface area contributed by atoms with Gasteiger partial charge in [0.1, 0.15) is 0 Å². The van der Waals surface area contributed by atoms with Crippen LogP contribution in [0.4, 0.5) is 0 Å². The summed E-state index contributed by atoms with van der Waals surface area (Å²) in [6.45, 7) is 7.41. The molecule has 1 unspecified atom stereocenters. The molecule has 3 N–H and O–H groups in total. The number of hydrogen-bond donors (Lipinski definition) is 3. The van der Waals surface area contributed by atoms with Crippen LogP contribution < -0.4 is 16.0 Å². The van der Waals surface area contributed by atoms with Crippen LogP contribution in [0.3, 0.4) is 0 Å². The summed E-state index contributed by atoms with van der Waals surface area (Å²) in [7, 11) is 1.75. The summed E-state index contributed by atoms with van der Waals surface area (Å²) in [5.74, 6) is 0.731. The third-order valence-corrected chi connectivity index (χ3v) is 3.21. The molecule has 6 heteroatoms. The molecule has 1 aromatic carbocycles. The summed E-state index contributed by atoms with van der Waals surface area (Å²) in [5, 5.41) is 9.36. The molecule has 0 aliphatic heterocycles. The van der Waals surface area contributed by atoms with Crippen molar-refractivity contribution in [1.29, 1.82) is 0 Å². The van der Waals surface area contributed by atoms with Gasteiger partial charge in [-0.25, -0.2) is 0 Å². The number of guanidine groups is 1. The molecule has 0 fully saturated rings. The fraction of sp³-hybridized carbons (Fsp3) is 0.500. The molecule has 1 aromatic rings. The number of hydrogen-bond acceptors (Lipinski definition) is 2. The van der Waals surface area contributed by atoms with Crippen LogP contribution in [0.2, 0.25) is 0 Å². The van der Waals surface area contributed by atoms with E-state index in [1.54, 1.807) is 7.05 Å². The van der Waals surface area contributed by atoms with E-state index in [-0.39, 0.29) is 29.9 Å². The van der Waals surface area contributed by atoms with Gasteiger partial charge in [0.05, 0.1) is 0 Å². The summed E-state index contributed by atoms with van der Waals surface area (Å²) in [6.07, 6.45) is 1.04. The standard InChI is InChI=1S/C16H26N4O.HI/c1-5-12(3)20-16(17-4)19-11-13-8-7-9-14(10-13)15(21)18-6-2;/h7-10,12H,5-6,11H2,1-4H3,(H,18,21)(H2,17,19,20);1H. The minimum Gasteiger partial charge on any atom is -0.354 e. The van der Waals surface area contributed by atoms with Gasteiger partial charge in [-0.2, -0.15) is 0 Å². The van der Waals surface area contributed by atoms with Crippen LogP contribution in [-0.4, -0.2) is 31.5 Å². The number of rotatable bonds is 6. The Balaban J connectivity index is 0.00000441. The lowest BCUT2D eigenvalue weighted by Gasteiger charge is -2.16. The Hall–Kier alpha value is -1.31.